The molecule has 1 aromatic rings. The van der Waals surface area contributed by atoms with Gasteiger partial charge in [0.15, 0.2) is 17.3 Å². The number of halogens is 2. The molecule has 5 nitrogen and oxygen atoms in total. The monoisotopic (exact) mass is 358 g/mol. The molecule has 1 aliphatic heterocycles. The number of carbonyl (C=O) groups is 1. The van der Waals surface area contributed by atoms with Gasteiger partial charge in [-0.25, -0.2) is 4.39 Å². The molecule has 1 heterocycles. The predicted octanol–water partition coefficient (Wildman–Crippen LogP) is 2.98. The molecule has 2 atom stereocenters. The minimum atomic E-state index is -0.522. The Hall–Kier alpha value is -1.53. The van der Waals surface area contributed by atoms with Crippen molar-refractivity contribution >= 4 is 24.0 Å². The largest absolute Gasteiger partial charge is 0.493 e. The Labute approximate surface area is 147 Å². The van der Waals surface area contributed by atoms with E-state index in [1.54, 1.807) is 0 Å². The summed E-state index contributed by atoms with van der Waals surface area (Å²) in [6, 6.07) is 2.71. The predicted molar refractivity (Wildman–Crippen MR) is 92.6 cm³/mol. The third-order valence-corrected chi connectivity index (χ3v) is 5.21. The fourth-order valence-corrected chi connectivity index (χ4v) is 3.89. The van der Waals surface area contributed by atoms with E-state index in [0.717, 1.165) is 32.2 Å². The smallest absolute Gasteiger partial charge is 0.232 e. The second-order valence-electron chi connectivity index (χ2n) is 6.37. The lowest BCUT2D eigenvalue weighted by atomic mass is 9.67. The zero-order valence-corrected chi connectivity index (χ0v) is 14.8. The number of hydrogen-bond acceptors (Lipinski definition) is 4. The highest BCUT2D eigenvalue weighted by Crippen LogP contribution is 2.45. The van der Waals surface area contributed by atoms with Crippen LogP contribution in [0.25, 0.3) is 0 Å². The SMILES string of the molecule is COc1cc(F)c(NC(=O)[C@@]23CCCC[C@H]2CNC3)cc1OC.Cl. The summed E-state index contributed by atoms with van der Waals surface area (Å²) >= 11 is 0. The van der Waals surface area contributed by atoms with Gasteiger partial charge in [-0.05, 0) is 25.3 Å². The van der Waals surface area contributed by atoms with Crippen molar-refractivity contribution in [3.63, 3.8) is 0 Å². The van der Waals surface area contributed by atoms with E-state index in [1.165, 1.54) is 26.4 Å². The topological polar surface area (TPSA) is 59.6 Å². The first-order chi connectivity index (χ1) is 11.1. The number of carbonyl (C=O) groups excluding carboxylic acids is 1. The van der Waals surface area contributed by atoms with Gasteiger partial charge in [0.1, 0.15) is 0 Å². The third-order valence-electron chi connectivity index (χ3n) is 5.21. The molecule has 24 heavy (non-hydrogen) atoms. The van der Waals surface area contributed by atoms with Crippen molar-refractivity contribution in [1.29, 1.82) is 0 Å². The quantitative estimate of drug-likeness (QED) is 0.868. The van der Waals surface area contributed by atoms with Crippen LogP contribution in [0.15, 0.2) is 12.1 Å². The molecular weight excluding hydrogens is 335 g/mol. The minimum Gasteiger partial charge on any atom is -0.493 e. The molecule has 2 aliphatic rings. The lowest BCUT2D eigenvalue weighted by Gasteiger charge is -2.37. The molecule has 1 aromatic carbocycles. The first kappa shape index (κ1) is 18.8. The van der Waals surface area contributed by atoms with Gasteiger partial charge in [-0.2, -0.15) is 0 Å². The number of rotatable bonds is 4. The van der Waals surface area contributed by atoms with Crippen molar-refractivity contribution in [2.24, 2.45) is 11.3 Å². The molecule has 134 valence electrons. The van der Waals surface area contributed by atoms with E-state index in [4.69, 9.17) is 9.47 Å². The number of hydrogen-bond donors (Lipinski definition) is 2. The van der Waals surface area contributed by atoms with Crippen molar-refractivity contribution in [2.45, 2.75) is 25.7 Å². The van der Waals surface area contributed by atoms with E-state index in [9.17, 15) is 9.18 Å². The second-order valence-corrected chi connectivity index (χ2v) is 6.37. The summed E-state index contributed by atoms with van der Waals surface area (Å²) in [5, 5.41) is 6.11. The Bertz CT molecular complexity index is 614. The third kappa shape index (κ3) is 3.17. The van der Waals surface area contributed by atoms with Crippen LogP contribution < -0.4 is 20.1 Å². The summed E-state index contributed by atoms with van der Waals surface area (Å²) in [4.78, 5) is 12.9. The van der Waals surface area contributed by atoms with Crippen LogP contribution in [0.1, 0.15) is 25.7 Å². The van der Waals surface area contributed by atoms with Crippen molar-refractivity contribution in [1.82, 2.24) is 5.32 Å². The molecule has 0 bridgehead atoms. The fourth-order valence-electron chi connectivity index (χ4n) is 3.89. The standard InChI is InChI=1S/C17H23FN2O3.ClH/c1-22-14-7-12(18)13(8-15(14)23-2)20-16(21)17-6-4-3-5-11(17)9-19-10-17;/h7-8,11,19H,3-6,9-10H2,1-2H3,(H,20,21);1H/t11-,17+;/m0./s1. The summed E-state index contributed by atoms with van der Waals surface area (Å²) < 4.78 is 24.5. The molecule has 1 saturated heterocycles. The van der Waals surface area contributed by atoms with Crippen LogP contribution in [0.2, 0.25) is 0 Å². The van der Waals surface area contributed by atoms with E-state index < -0.39 is 11.2 Å². The first-order valence-corrected chi connectivity index (χ1v) is 8.04. The van der Waals surface area contributed by atoms with Crippen LogP contribution in [0, 0.1) is 17.2 Å². The van der Waals surface area contributed by atoms with Crippen LogP contribution in [-0.2, 0) is 4.79 Å². The molecule has 0 radical (unpaired) electrons. The number of anilines is 1. The zero-order valence-electron chi connectivity index (χ0n) is 14.0. The van der Waals surface area contributed by atoms with Gasteiger partial charge in [0.05, 0.1) is 25.3 Å². The Morgan fingerprint density at radius 3 is 2.71 bits per heavy atom. The lowest BCUT2D eigenvalue weighted by Crippen LogP contribution is -2.44. The van der Waals surface area contributed by atoms with Gasteiger partial charge in [-0.1, -0.05) is 12.8 Å². The van der Waals surface area contributed by atoms with Crippen LogP contribution in [-0.4, -0.2) is 33.2 Å². The Kier molecular flexibility index (Phi) is 5.93. The summed E-state index contributed by atoms with van der Waals surface area (Å²) in [7, 11) is 2.93. The van der Waals surface area contributed by atoms with Gasteiger partial charge in [0.25, 0.3) is 0 Å². The maximum Gasteiger partial charge on any atom is 0.232 e. The van der Waals surface area contributed by atoms with E-state index >= 15 is 0 Å². The van der Waals surface area contributed by atoms with Crippen molar-refractivity contribution in [3.8, 4) is 11.5 Å². The first-order valence-electron chi connectivity index (χ1n) is 8.04. The molecule has 7 heteroatoms. The van der Waals surface area contributed by atoms with Gasteiger partial charge in [-0.3, -0.25) is 4.79 Å². The Morgan fingerprint density at radius 2 is 2.00 bits per heavy atom. The summed E-state index contributed by atoms with van der Waals surface area (Å²) in [6.45, 7) is 1.53. The van der Waals surface area contributed by atoms with Crippen molar-refractivity contribution in [2.75, 3.05) is 32.6 Å². The molecule has 2 fully saturated rings. The Morgan fingerprint density at radius 1 is 1.29 bits per heavy atom. The zero-order chi connectivity index (χ0) is 16.4. The highest BCUT2D eigenvalue weighted by Gasteiger charge is 2.49. The molecule has 0 aromatic heterocycles. The van der Waals surface area contributed by atoms with Gasteiger partial charge in [0, 0.05) is 18.7 Å². The number of fused-ring (bicyclic) bond motifs is 1. The van der Waals surface area contributed by atoms with Crippen LogP contribution in [0.3, 0.4) is 0 Å². The van der Waals surface area contributed by atoms with Gasteiger partial charge in [-0.15, -0.1) is 12.4 Å². The molecule has 1 amide bonds. The highest BCUT2D eigenvalue weighted by molar-refractivity contribution is 5.96. The van der Waals surface area contributed by atoms with Crippen LogP contribution >= 0.6 is 12.4 Å². The molecule has 0 unspecified atom stereocenters. The maximum absolute atomic E-state index is 14.3. The normalized spacial score (nSPS) is 25.4. The van der Waals surface area contributed by atoms with E-state index in [1.807, 2.05) is 0 Å². The number of ether oxygens (including phenoxy) is 2. The molecule has 1 saturated carbocycles. The maximum atomic E-state index is 14.3. The minimum absolute atomic E-state index is 0. The van der Waals surface area contributed by atoms with Crippen molar-refractivity contribution in [3.05, 3.63) is 17.9 Å². The highest BCUT2D eigenvalue weighted by atomic mass is 35.5. The number of nitrogens with one attached hydrogen (secondary N) is 2. The molecule has 3 rings (SSSR count). The fraction of sp³-hybridized carbons (Fsp3) is 0.588. The molecule has 0 spiro atoms. The van der Waals surface area contributed by atoms with Crippen LogP contribution in [0.5, 0.6) is 11.5 Å². The average molecular weight is 359 g/mol. The van der Waals surface area contributed by atoms with E-state index in [-0.39, 0.29) is 24.0 Å². The molecule has 2 N–H and O–H groups in total. The average Bonchev–Trinajstić information content (AvgIpc) is 3.01. The summed E-state index contributed by atoms with van der Waals surface area (Å²) in [5.41, 5.74) is -0.282. The van der Waals surface area contributed by atoms with E-state index in [0.29, 0.717) is 24.0 Å². The van der Waals surface area contributed by atoms with Gasteiger partial charge in [0.2, 0.25) is 5.91 Å². The molecular formula is C17H24ClFN2O3. The lowest BCUT2D eigenvalue weighted by molar-refractivity contribution is -0.128. The van der Waals surface area contributed by atoms with E-state index in [2.05, 4.69) is 10.6 Å². The van der Waals surface area contributed by atoms with Gasteiger partial charge >= 0.3 is 0 Å². The summed E-state index contributed by atoms with van der Waals surface area (Å²) in [6.07, 6.45) is 4.10. The van der Waals surface area contributed by atoms with Crippen molar-refractivity contribution < 1.29 is 18.7 Å². The Balaban J connectivity index is 0.00000208. The number of amides is 1. The second kappa shape index (κ2) is 7.57. The number of methoxy groups -OCH3 is 2. The van der Waals surface area contributed by atoms with Gasteiger partial charge < -0.3 is 20.1 Å². The molecule has 1 aliphatic carbocycles. The number of benzene rings is 1. The summed E-state index contributed by atoms with van der Waals surface area (Å²) in [5.74, 6) is 0.411. The van der Waals surface area contributed by atoms with Crippen LogP contribution in [0.4, 0.5) is 10.1 Å².